The number of aromatic nitrogens is 2. The van der Waals surface area contributed by atoms with E-state index in [0.717, 1.165) is 25.1 Å². The summed E-state index contributed by atoms with van der Waals surface area (Å²) in [4.78, 5) is 2.40. The Morgan fingerprint density at radius 1 is 1.28 bits per heavy atom. The van der Waals surface area contributed by atoms with Gasteiger partial charge in [0.05, 0.1) is 32.1 Å². The Kier molecular flexibility index (Phi) is 6.62. The summed E-state index contributed by atoms with van der Waals surface area (Å²) in [6.07, 6.45) is 7.15. The molecule has 2 aromatic rings. The standard InChI is InChI=1S/C20H29N3O2/c1-17-11-21-23(12-17)13-19-9-5-6-10-22(19)14-20(24)16-25-15-18-7-3-2-4-8-18/h2-4,7-8,11-12,19-20,24H,5-6,9-10,13-16H2,1H3/t19-,20-/m0/s1. The van der Waals surface area contributed by atoms with E-state index in [2.05, 4.69) is 23.1 Å². The predicted molar refractivity (Wildman–Crippen MR) is 98.3 cm³/mol. The minimum absolute atomic E-state index is 0.374. The first-order valence-corrected chi connectivity index (χ1v) is 9.23. The largest absolute Gasteiger partial charge is 0.389 e. The summed E-state index contributed by atoms with van der Waals surface area (Å²) in [7, 11) is 0. The highest BCUT2D eigenvalue weighted by atomic mass is 16.5. The molecule has 0 amide bonds. The van der Waals surface area contributed by atoms with Gasteiger partial charge in [0.15, 0.2) is 0 Å². The van der Waals surface area contributed by atoms with Crippen molar-refractivity contribution in [1.29, 1.82) is 0 Å². The molecule has 0 spiro atoms. The van der Waals surface area contributed by atoms with Crippen molar-refractivity contribution in [2.75, 3.05) is 19.7 Å². The molecule has 5 nitrogen and oxygen atoms in total. The average molecular weight is 343 g/mol. The van der Waals surface area contributed by atoms with Crippen LogP contribution in [0.25, 0.3) is 0 Å². The zero-order valence-corrected chi connectivity index (χ0v) is 15.1. The molecule has 25 heavy (non-hydrogen) atoms. The van der Waals surface area contributed by atoms with Crippen LogP contribution in [0.1, 0.15) is 30.4 Å². The molecule has 1 saturated heterocycles. The van der Waals surface area contributed by atoms with Crippen molar-refractivity contribution in [3.05, 3.63) is 53.9 Å². The monoisotopic (exact) mass is 343 g/mol. The van der Waals surface area contributed by atoms with Gasteiger partial charge in [-0.05, 0) is 37.4 Å². The van der Waals surface area contributed by atoms with E-state index in [0.29, 0.717) is 25.8 Å². The summed E-state index contributed by atoms with van der Waals surface area (Å²) in [5.41, 5.74) is 2.33. The summed E-state index contributed by atoms with van der Waals surface area (Å²) in [5, 5.41) is 14.8. The number of benzene rings is 1. The number of piperidine rings is 1. The second kappa shape index (κ2) is 9.13. The number of aliphatic hydroxyl groups excluding tert-OH is 1. The fourth-order valence-electron chi connectivity index (χ4n) is 3.50. The van der Waals surface area contributed by atoms with Gasteiger partial charge in [0, 0.05) is 18.8 Å². The minimum atomic E-state index is -0.455. The first-order valence-electron chi connectivity index (χ1n) is 9.23. The quantitative estimate of drug-likeness (QED) is 0.800. The highest BCUT2D eigenvalue weighted by molar-refractivity contribution is 5.13. The van der Waals surface area contributed by atoms with Crippen molar-refractivity contribution in [3.8, 4) is 0 Å². The van der Waals surface area contributed by atoms with Gasteiger partial charge in [-0.3, -0.25) is 9.58 Å². The fourth-order valence-corrected chi connectivity index (χ4v) is 3.50. The number of nitrogens with zero attached hydrogens (tertiary/aromatic N) is 3. The molecule has 1 aliphatic rings. The fraction of sp³-hybridized carbons (Fsp3) is 0.550. The Bertz CT molecular complexity index is 629. The van der Waals surface area contributed by atoms with Crippen molar-refractivity contribution >= 4 is 0 Å². The number of ether oxygens (including phenoxy) is 1. The summed E-state index contributed by atoms with van der Waals surface area (Å²) in [6, 6.07) is 10.5. The maximum atomic E-state index is 10.4. The van der Waals surface area contributed by atoms with Gasteiger partial charge in [-0.2, -0.15) is 5.10 Å². The third kappa shape index (κ3) is 5.66. The summed E-state index contributed by atoms with van der Waals surface area (Å²) >= 11 is 0. The predicted octanol–water partition coefficient (Wildman–Crippen LogP) is 2.62. The molecule has 0 radical (unpaired) electrons. The van der Waals surface area contributed by atoms with Crippen LogP contribution >= 0.6 is 0 Å². The number of aliphatic hydroxyl groups is 1. The highest BCUT2D eigenvalue weighted by Crippen LogP contribution is 2.19. The van der Waals surface area contributed by atoms with Crippen molar-refractivity contribution in [1.82, 2.24) is 14.7 Å². The number of β-amino-alcohol motifs (C(OH)–C–C–N with tert-alkyl or cyclic N) is 1. The summed E-state index contributed by atoms with van der Waals surface area (Å²) in [5.74, 6) is 0. The molecule has 0 saturated carbocycles. The van der Waals surface area contributed by atoms with E-state index in [1.165, 1.54) is 18.4 Å². The van der Waals surface area contributed by atoms with E-state index in [1.807, 2.05) is 41.2 Å². The van der Waals surface area contributed by atoms with Crippen LogP contribution in [0.3, 0.4) is 0 Å². The minimum Gasteiger partial charge on any atom is -0.389 e. The Balaban J connectivity index is 1.45. The highest BCUT2D eigenvalue weighted by Gasteiger charge is 2.25. The van der Waals surface area contributed by atoms with Crippen LogP contribution in [-0.2, 0) is 17.9 Å². The van der Waals surface area contributed by atoms with Crippen LogP contribution in [-0.4, -0.2) is 51.6 Å². The van der Waals surface area contributed by atoms with E-state index in [9.17, 15) is 5.11 Å². The van der Waals surface area contributed by atoms with Crippen molar-refractivity contribution in [2.24, 2.45) is 0 Å². The molecule has 1 fully saturated rings. The molecule has 5 heteroatoms. The number of hydrogen-bond donors (Lipinski definition) is 1. The van der Waals surface area contributed by atoms with Crippen LogP contribution in [0.2, 0.25) is 0 Å². The van der Waals surface area contributed by atoms with Gasteiger partial charge in [-0.1, -0.05) is 36.8 Å². The first kappa shape index (κ1) is 18.1. The lowest BCUT2D eigenvalue weighted by Gasteiger charge is -2.36. The van der Waals surface area contributed by atoms with E-state index < -0.39 is 6.10 Å². The molecular formula is C20H29N3O2. The second-order valence-corrected chi connectivity index (χ2v) is 7.04. The zero-order valence-electron chi connectivity index (χ0n) is 15.1. The summed E-state index contributed by atoms with van der Waals surface area (Å²) in [6.45, 7) is 5.59. The van der Waals surface area contributed by atoms with Crippen LogP contribution in [0.4, 0.5) is 0 Å². The van der Waals surface area contributed by atoms with Gasteiger partial charge >= 0.3 is 0 Å². The maximum Gasteiger partial charge on any atom is 0.0900 e. The van der Waals surface area contributed by atoms with E-state index >= 15 is 0 Å². The number of rotatable bonds is 8. The van der Waals surface area contributed by atoms with Gasteiger partial charge < -0.3 is 9.84 Å². The normalized spacial score (nSPS) is 19.8. The lowest BCUT2D eigenvalue weighted by Crippen LogP contribution is -2.46. The van der Waals surface area contributed by atoms with Crippen molar-refractivity contribution in [2.45, 2.75) is 51.5 Å². The van der Waals surface area contributed by atoms with E-state index in [4.69, 9.17) is 4.74 Å². The maximum absolute atomic E-state index is 10.4. The molecule has 0 bridgehead atoms. The van der Waals surface area contributed by atoms with Crippen LogP contribution in [0.5, 0.6) is 0 Å². The number of likely N-dealkylation sites (tertiary alicyclic amines) is 1. The molecule has 2 heterocycles. The topological polar surface area (TPSA) is 50.5 Å². The number of aryl methyl sites for hydroxylation is 1. The zero-order chi connectivity index (χ0) is 17.5. The average Bonchev–Trinajstić information content (AvgIpc) is 3.02. The second-order valence-electron chi connectivity index (χ2n) is 7.04. The SMILES string of the molecule is Cc1cnn(C[C@@H]2CCCCN2C[C@H](O)COCc2ccccc2)c1. The van der Waals surface area contributed by atoms with Crippen LogP contribution in [0, 0.1) is 6.92 Å². The van der Waals surface area contributed by atoms with Gasteiger partial charge in [0.2, 0.25) is 0 Å². The first-order chi connectivity index (χ1) is 12.2. The van der Waals surface area contributed by atoms with Gasteiger partial charge in [0.1, 0.15) is 0 Å². The Morgan fingerprint density at radius 2 is 2.12 bits per heavy atom. The van der Waals surface area contributed by atoms with E-state index in [1.54, 1.807) is 0 Å². The molecular weight excluding hydrogens is 314 g/mol. The van der Waals surface area contributed by atoms with Crippen molar-refractivity contribution < 1.29 is 9.84 Å². The smallest absolute Gasteiger partial charge is 0.0900 e. The molecule has 3 rings (SSSR count). The van der Waals surface area contributed by atoms with E-state index in [-0.39, 0.29) is 0 Å². The number of hydrogen-bond acceptors (Lipinski definition) is 4. The molecule has 1 N–H and O–H groups in total. The molecule has 1 aliphatic heterocycles. The van der Waals surface area contributed by atoms with Crippen molar-refractivity contribution in [3.63, 3.8) is 0 Å². The molecule has 1 aromatic carbocycles. The van der Waals surface area contributed by atoms with Crippen LogP contribution in [0.15, 0.2) is 42.7 Å². The molecule has 0 unspecified atom stereocenters. The molecule has 136 valence electrons. The lowest BCUT2D eigenvalue weighted by molar-refractivity contribution is -0.00570. The van der Waals surface area contributed by atoms with Gasteiger partial charge in [0.25, 0.3) is 0 Å². The Morgan fingerprint density at radius 3 is 2.88 bits per heavy atom. The van der Waals surface area contributed by atoms with Crippen LogP contribution < -0.4 is 0 Å². The Hall–Kier alpha value is -1.69. The van der Waals surface area contributed by atoms with Gasteiger partial charge in [-0.15, -0.1) is 0 Å². The molecule has 2 atom stereocenters. The molecule has 0 aliphatic carbocycles. The Labute approximate surface area is 150 Å². The third-order valence-electron chi connectivity index (χ3n) is 4.78. The third-order valence-corrected chi connectivity index (χ3v) is 4.78. The summed E-state index contributed by atoms with van der Waals surface area (Å²) < 4.78 is 7.71. The lowest BCUT2D eigenvalue weighted by atomic mass is 10.0. The molecule has 1 aromatic heterocycles. The van der Waals surface area contributed by atoms with Gasteiger partial charge in [-0.25, -0.2) is 0 Å².